The normalized spacial score (nSPS) is 59.0. The van der Waals surface area contributed by atoms with E-state index in [1.807, 2.05) is 0 Å². The van der Waals surface area contributed by atoms with Gasteiger partial charge < -0.3 is 9.47 Å². The van der Waals surface area contributed by atoms with Crippen LogP contribution in [0, 0.1) is 11.8 Å². The first-order valence-electron chi connectivity index (χ1n) is 4.78. The lowest BCUT2D eigenvalue weighted by molar-refractivity contribution is -0.0810. The molecule has 0 unspecified atom stereocenters. The molecule has 70 valence electrons. The second-order valence-electron chi connectivity index (χ2n) is 4.64. The van der Waals surface area contributed by atoms with Crippen molar-refractivity contribution in [3.63, 3.8) is 0 Å². The maximum atomic E-state index is 5.87. The molecular weight excluding hydrogens is 152 g/mol. The molecule has 0 aromatic rings. The van der Waals surface area contributed by atoms with E-state index in [1.54, 1.807) is 0 Å². The van der Waals surface area contributed by atoms with Crippen LogP contribution < -0.4 is 0 Å². The van der Waals surface area contributed by atoms with Gasteiger partial charge in [0, 0.05) is 11.8 Å². The number of rotatable bonds is 0. The van der Waals surface area contributed by atoms with Gasteiger partial charge in [0.25, 0.3) is 0 Å². The molecule has 2 rings (SSSR count). The van der Waals surface area contributed by atoms with Gasteiger partial charge in [0.1, 0.15) is 0 Å². The molecule has 2 heterocycles. The summed E-state index contributed by atoms with van der Waals surface area (Å²) < 4.78 is 11.7. The second kappa shape index (κ2) is 2.24. The van der Waals surface area contributed by atoms with Crippen LogP contribution in [0.1, 0.15) is 27.7 Å². The van der Waals surface area contributed by atoms with Crippen LogP contribution in [-0.4, -0.2) is 24.4 Å². The molecule has 12 heavy (non-hydrogen) atoms. The number of fused-ring (bicyclic) bond motifs is 1. The third kappa shape index (κ3) is 0.728. The van der Waals surface area contributed by atoms with Crippen molar-refractivity contribution in [1.82, 2.24) is 0 Å². The van der Waals surface area contributed by atoms with Gasteiger partial charge in [0.2, 0.25) is 0 Å². The maximum Gasteiger partial charge on any atom is 0.0990 e. The van der Waals surface area contributed by atoms with E-state index in [4.69, 9.17) is 9.47 Å². The minimum Gasteiger partial charge on any atom is -0.372 e. The van der Waals surface area contributed by atoms with Crippen LogP contribution in [0.15, 0.2) is 0 Å². The standard InChI is InChI=1S/C10H18O2/c1-7-5-11-10(4)8(2)6-12-9(7,10)3/h7-8H,5-6H2,1-4H3/t7-,8-,9+,10+/m0/s1. The Balaban J connectivity index is 2.37. The minimum atomic E-state index is -0.0492. The molecule has 0 aromatic heterocycles. The topological polar surface area (TPSA) is 18.5 Å². The fourth-order valence-electron chi connectivity index (χ4n) is 2.46. The molecule has 2 fully saturated rings. The first-order valence-corrected chi connectivity index (χ1v) is 4.78. The van der Waals surface area contributed by atoms with Crippen LogP contribution in [0.2, 0.25) is 0 Å². The molecule has 0 aliphatic carbocycles. The molecule has 2 aliphatic heterocycles. The SMILES string of the molecule is C[C@H]1CO[C@]2(C)[C@@H](C)CO[C@]12C. The van der Waals surface area contributed by atoms with Crippen molar-refractivity contribution in [3.05, 3.63) is 0 Å². The van der Waals surface area contributed by atoms with Crippen molar-refractivity contribution in [2.45, 2.75) is 38.9 Å². The predicted molar refractivity (Wildman–Crippen MR) is 47.0 cm³/mol. The highest BCUT2D eigenvalue weighted by atomic mass is 16.6. The van der Waals surface area contributed by atoms with Crippen LogP contribution in [0.25, 0.3) is 0 Å². The van der Waals surface area contributed by atoms with Crippen LogP contribution in [0.5, 0.6) is 0 Å². The minimum absolute atomic E-state index is 0.0492. The van der Waals surface area contributed by atoms with Crippen molar-refractivity contribution in [2.24, 2.45) is 11.8 Å². The van der Waals surface area contributed by atoms with E-state index in [-0.39, 0.29) is 11.2 Å². The Hall–Kier alpha value is -0.0800. The van der Waals surface area contributed by atoms with E-state index >= 15 is 0 Å². The van der Waals surface area contributed by atoms with Gasteiger partial charge in [-0.25, -0.2) is 0 Å². The van der Waals surface area contributed by atoms with Gasteiger partial charge in [-0.05, 0) is 13.8 Å². The second-order valence-corrected chi connectivity index (χ2v) is 4.64. The van der Waals surface area contributed by atoms with E-state index in [0.717, 1.165) is 13.2 Å². The molecule has 0 saturated carbocycles. The fraction of sp³-hybridized carbons (Fsp3) is 1.00. The van der Waals surface area contributed by atoms with Crippen molar-refractivity contribution in [2.75, 3.05) is 13.2 Å². The highest BCUT2D eigenvalue weighted by molar-refractivity contribution is 5.10. The Labute approximate surface area is 74.2 Å². The first kappa shape index (κ1) is 8.52. The van der Waals surface area contributed by atoms with E-state index in [0.29, 0.717) is 11.8 Å². The van der Waals surface area contributed by atoms with Crippen LogP contribution in [0.3, 0.4) is 0 Å². The van der Waals surface area contributed by atoms with Gasteiger partial charge in [-0.3, -0.25) is 0 Å². The molecule has 4 atom stereocenters. The van der Waals surface area contributed by atoms with Crippen LogP contribution in [-0.2, 0) is 9.47 Å². The summed E-state index contributed by atoms with van der Waals surface area (Å²) in [5, 5.41) is 0. The molecule has 2 saturated heterocycles. The van der Waals surface area contributed by atoms with Crippen molar-refractivity contribution >= 4 is 0 Å². The van der Waals surface area contributed by atoms with Gasteiger partial charge in [-0.1, -0.05) is 13.8 Å². The molecule has 2 nitrogen and oxygen atoms in total. The molecular formula is C10H18O2. The summed E-state index contributed by atoms with van der Waals surface area (Å²) in [6, 6.07) is 0. The zero-order valence-electron chi connectivity index (χ0n) is 8.39. The smallest absolute Gasteiger partial charge is 0.0990 e. The van der Waals surface area contributed by atoms with E-state index in [1.165, 1.54) is 0 Å². The predicted octanol–water partition coefficient (Wildman–Crippen LogP) is 1.84. The van der Waals surface area contributed by atoms with Crippen LogP contribution >= 0.6 is 0 Å². The molecule has 0 N–H and O–H groups in total. The molecule has 0 amide bonds. The Bertz CT molecular complexity index is 182. The van der Waals surface area contributed by atoms with Gasteiger partial charge in [-0.15, -0.1) is 0 Å². The summed E-state index contributed by atoms with van der Waals surface area (Å²) >= 11 is 0. The third-order valence-corrected chi connectivity index (χ3v) is 4.13. The Morgan fingerprint density at radius 1 is 0.917 bits per heavy atom. The number of hydrogen-bond acceptors (Lipinski definition) is 2. The zero-order valence-corrected chi connectivity index (χ0v) is 8.39. The summed E-state index contributed by atoms with van der Waals surface area (Å²) in [6.45, 7) is 10.5. The third-order valence-electron chi connectivity index (χ3n) is 4.13. The quantitative estimate of drug-likeness (QED) is 0.552. The molecule has 2 aliphatic rings. The molecule has 0 radical (unpaired) electrons. The molecule has 0 spiro atoms. The summed E-state index contributed by atoms with van der Waals surface area (Å²) in [4.78, 5) is 0. The maximum absolute atomic E-state index is 5.87. The summed E-state index contributed by atoms with van der Waals surface area (Å²) in [7, 11) is 0. The average Bonchev–Trinajstić information content (AvgIpc) is 2.39. The molecule has 2 heteroatoms. The average molecular weight is 170 g/mol. The van der Waals surface area contributed by atoms with Crippen molar-refractivity contribution in [1.29, 1.82) is 0 Å². The monoisotopic (exact) mass is 170 g/mol. The summed E-state index contributed by atoms with van der Waals surface area (Å²) in [5.41, 5.74) is -0.0984. The van der Waals surface area contributed by atoms with Gasteiger partial charge >= 0.3 is 0 Å². The number of ether oxygens (including phenoxy) is 2. The van der Waals surface area contributed by atoms with Gasteiger partial charge in [-0.2, -0.15) is 0 Å². The molecule has 0 bridgehead atoms. The lowest BCUT2D eigenvalue weighted by Crippen LogP contribution is -2.48. The van der Waals surface area contributed by atoms with E-state index < -0.39 is 0 Å². The lowest BCUT2D eigenvalue weighted by Gasteiger charge is -2.35. The van der Waals surface area contributed by atoms with E-state index in [9.17, 15) is 0 Å². The Morgan fingerprint density at radius 2 is 1.25 bits per heavy atom. The lowest BCUT2D eigenvalue weighted by atomic mass is 9.76. The first-order chi connectivity index (χ1) is 5.51. The highest BCUT2D eigenvalue weighted by Gasteiger charge is 2.62. The molecule has 0 aromatic carbocycles. The Morgan fingerprint density at radius 3 is 1.58 bits per heavy atom. The van der Waals surface area contributed by atoms with Crippen molar-refractivity contribution < 1.29 is 9.47 Å². The summed E-state index contributed by atoms with van der Waals surface area (Å²) in [6.07, 6.45) is 0. The Kier molecular flexibility index (Phi) is 1.59. The fourth-order valence-corrected chi connectivity index (χ4v) is 2.46. The van der Waals surface area contributed by atoms with Crippen molar-refractivity contribution in [3.8, 4) is 0 Å². The highest BCUT2D eigenvalue weighted by Crippen LogP contribution is 2.51. The zero-order chi connectivity index (χ0) is 8.98. The van der Waals surface area contributed by atoms with Gasteiger partial charge in [0.05, 0.1) is 24.4 Å². The number of hydrogen-bond donors (Lipinski definition) is 0. The largest absolute Gasteiger partial charge is 0.372 e. The summed E-state index contributed by atoms with van der Waals surface area (Å²) in [5.74, 6) is 1.04. The van der Waals surface area contributed by atoms with Gasteiger partial charge in [0.15, 0.2) is 0 Å². The van der Waals surface area contributed by atoms with E-state index in [2.05, 4.69) is 27.7 Å². The van der Waals surface area contributed by atoms with Crippen LogP contribution in [0.4, 0.5) is 0 Å².